The predicted molar refractivity (Wildman–Crippen MR) is 119 cm³/mol. The maximum absolute atomic E-state index is 12.4. The van der Waals surface area contributed by atoms with Gasteiger partial charge in [0.1, 0.15) is 17.1 Å². The number of benzene rings is 3. The van der Waals surface area contributed by atoms with E-state index in [4.69, 9.17) is 9.47 Å². The van der Waals surface area contributed by atoms with Gasteiger partial charge in [-0.05, 0) is 60.2 Å². The molecule has 152 valence electrons. The largest absolute Gasteiger partial charge is 0.496 e. The first-order valence-electron chi connectivity index (χ1n) is 9.43. The van der Waals surface area contributed by atoms with Crippen molar-refractivity contribution in [2.75, 3.05) is 26.1 Å². The van der Waals surface area contributed by atoms with Crippen LogP contribution in [0.4, 0.5) is 5.69 Å². The van der Waals surface area contributed by atoms with Gasteiger partial charge in [0.05, 0.1) is 7.11 Å². The van der Waals surface area contributed by atoms with Gasteiger partial charge in [0.15, 0.2) is 5.78 Å². The molecule has 0 radical (unpaired) electrons. The average Bonchev–Trinajstić information content (AvgIpc) is 2.78. The summed E-state index contributed by atoms with van der Waals surface area (Å²) in [5, 5.41) is 0. The van der Waals surface area contributed by atoms with E-state index < -0.39 is 5.97 Å². The number of rotatable bonds is 7. The molecular weight excluding hydrogens is 378 g/mol. The van der Waals surface area contributed by atoms with Crippen molar-refractivity contribution in [3.05, 3.63) is 95.6 Å². The number of ether oxygens (including phenoxy) is 2. The smallest absolute Gasteiger partial charge is 0.347 e. The van der Waals surface area contributed by atoms with Gasteiger partial charge in [-0.2, -0.15) is 0 Å². The van der Waals surface area contributed by atoms with Crippen molar-refractivity contribution in [2.24, 2.45) is 0 Å². The molecule has 5 heteroatoms. The summed E-state index contributed by atoms with van der Waals surface area (Å²) in [6, 6.07) is 21.2. The molecule has 0 saturated carbocycles. The zero-order valence-corrected chi connectivity index (χ0v) is 17.2. The first kappa shape index (κ1) is 20.9. The van der Waals surface area contributed by atoms with E-state index in [0.717, 1.165) is 11.3 Å². The van der Waals surface area contributed by atoms with Gasteiger partial charge in [0, 0.05) is 25.3 Å². The number of nitrogens with zero attached hydrogens (tertiary/aromatic N) is 1. The standard InChI is InChI=1S/C25H23NO4/c1-26(2)20-13-8-18(9-14-20)10-17-23(27)19-11-15-21(16-12-19)30-25(28)22-6-4-5-7-24(22)29-3/h4-17H,1-3H3/b17-10+. The molecule has 0 spiro atoms. The molecule has 0 aliphatic heterocycles. The summed E-state index contributed by atoms with van der Waals surface area (Å²) >= 11 is 0. The normalized spacial score (nSPS) is 10.6. The van der Waals surface area contributed by atoms with E-state index in [9.17, 15) is 9.59 Å². The Morgan fingerprint density at radius 2 is 1.53 bits per heavy atom. The molecule has 0 saturated heterocycles. The van der Waals surface area contributed by atoms with Gasteiger partial charge in [-0.3, -0.25) is 4.79 Å². The van der Waals surface area contributed by atoms with Crippen molar-refractivity contribution < 1.29 is 19.1 Å². The van der Waals surface area contributed by atoms with Gasteiger partial charge in [-0.15, -0.1) is 0 Å². The predicted octanol–water partition coefficient (Wildman–Crippen LogP) is 4.88. The molecule has 5 nitrogen and oxygen atoms in total. The summed E-state index contributed by atoms with van der Waals surface area (Å²) in [6.07, 6.45) is 3.30. The van der Waals surface area contributed by atoms with Crippen LogP contribution in [-0.4, -0.2) is 33.0 Å². The third kappa shape index (κ3) is 5.14. The summed E-state index contributed by atoms with van der Waals surface area (Å²) in [5.74, 6) is 0.144. The zero-order valence-electron chi connectivity index (χ0n) is 17.2. The Bertz CT molecular complexity index is 1050. The van der Waals surface area contributed by atoms with Gasteiger partial charge >= 0.3 is 5.97 Å². The number of hydrogen-bond acceptors (Lipinski definition) is 5. The summed E-state index contributed by atoms with van der Waals surface area (Å²) in [6.45, 7) is 0. The van der Waals surface area contributed by atoms with Crippen LogP contribution in [0.25, 0.3) is 6.08 Å². The third-order valence-electron chi connectivity index (χ3n) is 4.51. The van der Waals surface area contributed by atoms with E-state index in [-0.39, 0.29) is 5.78 Å². The topological polar surface area (TPSA) is 55.8 Å². The quantitative estimate of drug-likeness (QED) is 0.245. The Kier molecular flexibility index (Phi) is 6.65. The van der Waals surface area contributed by atoms with Crippen molar-refractivity contribution in [2.45, 2.75) is 0 Å². The van der Waals surface area contributed by atoms with Gasteiger partial charge in [0.25, 0.3) is 0 Å². The van der Waals surface area contributed by atoms with E-state index in [1.807, 2.05) is 43.3 Å². The number of methoxy groups -OCH3 is 1. The lowest BCUT2D eigenvalue weighted by Crippen LogP contribution is -2.10. The number of anilines is 1. The van der Waals surface area contributed by atoms with E-state index in [0.29, 0.717) is 22.6 Å². The second-order valence-electron chi connectivity index (χ2n) is 6.80. The number of para-hydroxylation sites is 1. The highest BCUT2D eigenvalue weighted by Gasteiger charge is 2.14. The Morgan fingerprint density at radius 3 is 2.17 bits per heavy atom. The molecule has 30 heavy (non-hydrogen) atoms. The van der Waals surface area contributed by atoms with Crippen LogP contribution in [0.1, 0.15) is 26.3 Å². The number of allylic oxidation sites excluding steroid dienone is 1. The van der Waals surface area contributed by atoms with Crippen molar-refractivity contribution in [3.63, 3.8) is 0 Å². The molecule has 0 aliphatic carbocycles. The molecule has 0 fully saturated rings. The molecule has 0 aliphatic rings. The average molecular weight is 401 g/mol. The Labute approximate surface area is 176 Å². The van der Waals surface area contributed by atoms with Gasteiger partial charge in [-0.25, -0.2) is 4.79 Å². The highest BCUT2D eigenvalue weighted by atomic mass is 16.5. The Morgan fingerprint density at radius 1 is 0.867 bits per heavy atom. The molecule has 0 amide bonds. The van der Waals surface area contributed by atoms with E-state index in [1.165, 1.54) is 13.2 Å². The van der Waals surface area contributed by atoms with Crippen molar-refractivity contribution in [1.29, 1.82) is 0 Å². The Balaban J connectivity index is 1.64. The van der Waals surface area contributed by atoms with Crippen LogP contribution in [0.5, 0.6) is 11.5 Å². The zero-order chi connectivity index (χ0) is 21.5. The highest BCUT2D eigenvalue weighted by molar-refractivity contribution is 6.07. The molecule has 0 aromatic heterocycles. The molecule has 0 N–H and O–H groups in total. The minimum atomic E-state index is -0.521. The number of hydrogen-bond donors (Lipinski definition) is 0. The Hall–Kier alpha value is -3.86. The summed E-state index contributed by atoms with van der Waals surface area (Å²) in [7, 11) is 5.45. The molecular formula is C25H23NO4. The molecule has 0 unspecified atom stereocenters. The first-order chi connectivity index (χ1) is 14.5. The maximum Gasteiger partial charge on any atom is 0.347 e. The van der Waals surface area contributed by atoms with Gasteiger partial charge in [-0.1, -0.05) is 30.3 Å². The van der Waals surface area contributed by atoms with Crippen molar-refractivity contribution >= 4 is 23.5 Å². The van der Waals surface area contributed by atoms with Gasteiger partial charge < -0.3 is 14.4 Å². The van der Waals surface area contributed by atoms with Crippen LogP contribution in [0.15, 0.2) is 78.9 Å². The van der Waals surface area contributed by atoms with Crippen LogP contribution >= 0.6 is 0 Å². The lowest BCUT2D eigenvalue weighted by Gasteiger charge is -2.11. The van der Waals surface area contributed by atoms with Crippen molar-refractivity contribution in [3.8, 4) is 11.5 Å². The van der Waals surface area contributed by atoms with Crippen LogP contribution in [0.2, 0.25) is 0 Å². The lowest BCUT2D eigenvalue weighted by molar-refractivity contribution is 0.0731. The van der Waals surface area contributed by atoms with Crippen LogP contribution in [0.3, 0.4) is 0 Å². The SMILES string of the molecule is COc1ccccc1C(=O)Oc1ccc(C(=O)/C=C/c2ccc(N(C)C)cc2)cc1. The van der Waals surface area contributed by atoms with Gasteiger partial charge in [0.2, 0.25) is 0 Å². The monoisotopic (exact) mass is 401 g/mol. The second kappa shape index (κ2) is 9.56. The van der Waals surface area contributed by atoms with E-state index in [1.54, 1.807) is 54.6 Å². The van der Waals surface area contributed by atoms with Crippen LogP contribution in [-0.2, 0) is 0 Å². The third-order valence-corrected chi connectivity index (χ3v) is 4.51. The second-order valence-corrected chi connectivity index (χ2v) is 6.80. The molecule has 3 aromatic carbocycles. The van der Waals surface area contributed by atoms with E-state index in [2.05, 4.69) is 0 Å². The number of carbonyl (C=O) groups is 2. The number of carbonyl (C=O) groups excluding carboxylic acids is 2. The molecule has 3 aromatic rings. The summed E-state index contributed by atoms with van der Waals surface area (Å²) in [5.41, 5.74) is 2.88. The highest BCUT2D eigenvalue weighted by Crippen LogP contribution is 2.21. The maximum atomic E-state index is 12.4. The fraction of sp³-hybridized carbons (Fsp3) is 0.120. The van der Waals surface area contributed by atoms with Crippen LogP contribution in [0, 0.1) is 0 Å². The van der Waals surface area contributed by atoms with Crippen molar-refractivity contribution in [1.82, 2.24) is 0 Å². The fourth-order valence-corrected chi connectivity index (χ4v) is 2.81. The summed E-state index contributed by atoms with van der Waals surface area (Å²) < 4.78 is 10.6. The number of ketones is 1. The molecule has 3 rings (SSSR count). The lowest BCUT2D eigenvalue weighted by atomic mass is 10.1. The van der Waals surface area contributed by atoms with Crippen LogP contribution < -0.4 is 14.4 Å². The molecule has 0 atom stereocenters. The molecule has 0 heterocycles. The number of esters is 1. The summed E-state index contributed by atoms with van der Waals surface area (Å²) in [4.78, 5) is 26.8. The minimum absolute atomic E-state index is 0.130. The first-order valence-corrected chi connectivity index (χ1v) is 9.43. The molecule has 0 bridgehead atoms. The van der Waals surface area contributed by atoms with E-state index >= 15 is 0 Å². The minimum Gasteiger partial charge on any atom is -0.496 e. The fourth-order valence-electron chi connectivity index (χ4n) is 2.81.